The highest BCUT2D eigenvalue weighted by Gasteiger charge is 2.00. The Kier molecular flexibility index (Phi) is 8.74. The van der Waals surface area contributed by atoms with E-state index in [9.17, 15) is 0 Å². The van der Waals surface area contributed by atoms with Gasteiger partial charge in [-0.1, -0.05) is 6.92 Å². The zero-order valence-corrected chi connectivity index (χ0v) is 8.44. The highest BCUT2D eigenvalue weighted by atomic mass is 32.2. The molecule has 0 aliphatic heterocycles. The minimum atomic E-state index is 0.284. The number of aliphatic hydroxyl groups is 1. The van der Waals surface area contributed by atoms with E-state index in [1.165, 1.54) is 0 Å². The molecule has 0 aromatic heterocycles. The lowest BCUT2D eigenvalue weighted by molar-refractivity contribution is 0.289. The summed E-state index contributed by atoms with van der Waals surface area (Å²) in [6, 6.07) is 2.13. The van der Waals surface area contributed by atoms with Crippen LogP contribution in [-0.2, 0) is 0 Å². The van der Waals surface area contributed by atoms with Crippen molar-refractivity contribution in [3.05, 3.63) is 0 Å². The van der Waals surface area contributed by atoms with E-state index in [0.29, 0.717) is 11.7 Å². The molecule has 0 radical (unpaired) electrons. The number of nitrogens with zero attached hydrogens (tertiary/aromatic N) is 1. The molecule has 70 valence electrons. The first-order valence-electron chi connectivity index (χ1n) is 4.40. The van der Waals surface area contributed by atoms with Gasteiger partial charge in [0.1, 0.15) is 0 Å². The van der Waals surface area contributed by atoms with Gasteiger partial charge < -0.3 is 5.11 Å². The molecule has 1 N–H and O–H groups in total. The summed E-state index contributed by atoms with van der Waals surface area (Å²) in [6.45, 7) is 2.41. The van der Waals surface area contributed by atoms with Gasteiger partial charge in [-0.2, -0.15) is 17.0 Å². The van der Waals surface area contributed by atoms with E-state index in [4.69, 9.17) is 10.4 Å². The summed E-state index contributed by atoms with van der Waals surface area (Å²) in [5.74, 6) is 1.11. The third-order valence-electron chi connectivity index (χ3n) is 1.62. The molecule has 0 heterocycles. The molecule has 3 heteroatoms. The van der Waals surface area contributed by atoms with E-state index < -0.39 is 0 Å². The molecule has 0 fully saturated rings. The van der Waals surface area contributed by atoms with Crippen LogP contribution in [0.5, 0.6) is 0 Å². The molecule has 0 spiro atoms. The molecular weight excluding hydrogens is 170 g/mol. The van der Waals surface area contributed by atoms with Crippen molar-refractivity contribution in [3.8, 4) is 6.07 Å². The fourth-order valence-electron chi connectivity index (χ4n) is 0.856. The molecule has 0 rings (SSSR count). The Morgan fingerprint density at radius 1 is 1.50 bits per heavy atom. The van der Waals surface area contributed by atoms with Crippen molar-refractivity contribution < 1.29 is 5.11 Å². The van der Waals surface area contributed by atoms with Gasteiger partial charge in [0.05, 0.1) is 6.07 Å². The SMILES string of the molecule is CC(CCO)SCCCCC#N. The molecule has 12 heavy (non-hydrogen) atoms. The number of aliphatic hydroxyl groups excluding tert-OH is 1. The van der Waals surface area contributed by atoms with E-state index in [0.717, 1.165) is 25.0 Å². The third kappa shape index (κ3) is 7.90. The monoisotopic (exact) mass is 187 g/mol. The predicted octanol–water partition coefficient (Wildman–Crippen LogP) is 2.18. The van der Waals surface area contributed by atoms with Crippen molar-refractivity contribution in [2.75, 3.05) is 12.4 Å². The van der Waals surface area contributed by atoms with Gasteiger partial charge in [0, 0.05) is 18.3 Å². The lowest BCUT2D eigenvalue weighted by atomic mass is 10.3. The second kappa shape index (κ2) is 8.89. The van der Waals surface area contributed by atoms with E-state index in [1.54, 1.807) is 0 Å². The fraction of sp³-hybridized carbons (Fsp3) is 0.889. The highest BCUT2D eigenvalue weighted by molar-refractivity contribution is 7.99. The maximum atomic E-state index is 8.62. The Morgan fingerprint density at radius 3 is 2.83 bits per heavy atom. The average molecular weight is 187 g/mol. The Hall–Kier alpha value is -0.200. The molecule has 0 bridgehead atoms. The third-order valence-corrected chi connectivity index (χ3v) is 2.95. The topological polar surface area (TPSA) is 44.0 Å². The summed E-state index contributed by atoms with van der Waals surface area (Å²) in [6.07, 6.45) is 3.68. The van der Waals surface area contributed by atoms with Crippen LogP contribution in [0.15, 0.2) is 0 Å². The molecule has 0 amide bonds. The number of thioether (sulfide) groups is 1. The first-order chi connectivity index (χ1) is 5.81. The normalized spacial score (nSPS) is 12.4. The van der Waals surface area contributed by atoms with Crippen LogP contribution < -0.4 is 0 Å². The number of unbranched alkanes of at least 4 members (excludes halogenated alkanes) is 2. The van der Waals surface area contributed by atoms with Gasteiger partial charge in [-0.3, -0.25) is 0 Å². The summed E-state index contributed by atoms with van der Waals surface area (Å²) < 4.78 is 0. The van der Waals surface area contributed by atoms with Gasteiger partial charge in [0.25, 0.3) is 0 Å². The van der Waals surface area contributed by atoms with E-state index in [-0.39, 0.29) is 6.61 Å². The Bertz CT molecular complexity index is 133. The van der Waals surface area contributed by atoms with Crippen LogP contribution in [0.2, 0.25) is 0 Å². The van der Waals surface area contributed by atoms with Gasteiger partial charge in [-0.15, -0.1) is 0 Å². The van der Waals surface area contributed by atoms with Gasteiger partial charge >= 0.3 is 0 Å². The average Bonchev–Trinajstić information content (AvgIpc) is 2.05. The molecule has 0 aliphatic carbocycles. The summed E-state index contributed by atoms with van der Waals surface area (Å²) in [5.41, 5.74) is 0. The fourth-order valence-corrected chi connectivity index (χ4v) is 1.90. The van der Waals surface area contributed by atoms with Crippen LogP contribution >= 0.6 is 11.8 Å². The number of nitriles is 1. The number of hydrogen-bond donors (Lipinski definition) is 1. The van der Waals surface area contributed by atoms with Crippen LogP contribution in [0.4, 0.5) is 0 Å². The molecular formula is C9H17NOS. The largest absolute Gasteiger partial charge is 0.396 e. The molecule has 0 aliphatic rings. The van der Waals surface area contributed by atoms with Gasteiger partial charge in [0.15, 0.2) is 0 Å². The Labute approximate surface area is 79.0 Å². The first kappa shape index (κ1) is 11.8. The van der Waals surface area contributed by atoms with Crippen LogP contribution in [0, 0.1) is 11.3 Å². The zero-order valence-electron chi connectivity index (χ0n) is 7.62. The van der Waals surface area contributed by atoms with Crippen LogP contribution in [-0.4, -0.2) is 22.7 Å². The second-order valence-electron chi connectivity index (χ2n) is 2.81. The molecule has 0 aromatic rings. The Morgan fingerprint density at radius 2 is 2.25 bits per heavy atom. The van der Waals surface area contributed by atoms with Gasteiger partial charge in [-0.25, -0.2) is 0 Å². The van der Waals surface area contributed by atoms with Gasteiger partial charge in [0.2, 0.25) is 0 Å². The number of hydrogen-bond acceptors (Lipinski definition) is 3. The molecule has 1 atom stereocenters. The van der Waals surface area contributed by atoms with Crippen molar-refractivity contribution in [3.63, 3.8) is 0 Å². The van der Waals surface area contributed by atoms with E-state index in [2.05, 4.69) is 13.0 Å². The van der Waals surface area contributed by atoms with Crippen LogP contribution in [0.1, 0.15) is 32.6 Å². The van der Waals surface area contributed by atoms with Crippen molar-refractivity contribution in [2.24, 2.45) is 0 Å². The van der Waals surface area contributed by atoms with Crippen molar-refractivity contribution in [1.29, 1.82) is 5.26 Å². The second-order valence-corrected chi connectivity index (χ2v) is 4.36. The summed E-state index contributed by atoms with van der Waals surface area (Å²) in [5, 5.41) is 17.4. The highest BCUT2D eigenvalue weighted by Crippen LogP contribution is 2.15. The molecule has 1 unspecified atom stereocenters. The maximum absolute atomic E-state index is 8.62. The molecule has 0 saturated carbocycles. The smallest absolute Gasteiger partial charge is 0.0621 e. The summed E-state index contributed by atoms with van der Waals surface area (Å²) in [7, 11) is 0. The minimum Gasteiger partial charge on any atom is -0.396 e. The quantitative estimate of drug-likeness (QED) is 0.621. The lowest BCUT2D eigenvalue weighted by Crippen LogP contribution is -2.00. The standard InChI is InChI=1S/C9H17NOS/c1-9(5-7-11)12-8-4-2-3-6-10/h9,11H,2-5,7-8H2,1H3. The first-order valence-corrected chi connectivity index (χ1v) is 5.45. The summed E-state index contributed by atoms with van der Waals surface area (Å²) in [4.78, 5) is 0. The predicted molar refractivity (Wildman–Crippen MR) is 53.1 cm³/mol. The summed E-state index contributed by atoms with van der Waals surface area (Å²) >= 11 is 1.88. The molecule has 0 aromatic carbocycles. The van der Waals surface area contributed by atoms with E-state index in [1.807, 2.05) is 11.8 Å². The molecule has 2 nitrogen and oxygen atoms in total. The maximum Gasteiger partial charge on any atom is 0.0621 e. The minimum absolute atomic E-state index is 0.284. The van der Waals surface area contributed by atoms with Crippen molar-refractivity contribution in [2.45, 2.75) is 37.9 Å². The van der Waals surface area contributed by atoms with Crippen molar-refractivity contribution >= 4 is 11.8 Å². The van der Waals surface area contributed by atoms with Crippen LogP contribution in [0.25, 0.3) is 0 Å². The van der Waals surface area contributed by atoms with Crippen LogP contribution in [0.3, 0.4) is 0 Å². The molecule has 0 saturated heterocycles. The Balaban J connectivity index is 3.04. The van der Waals surface area contributed by atoms with Crippen molar-refractivity contribution in [1.82, 2.24) is 0 Å². The van der Waals surface area contributed by atoms with Gasteiger partial charge in [-0.05, 0) is 25.0 Å². The lowest BCUT2D eigenvalue weighted by Gasteiger charge is -2.07. The number of rotatable bonds is 7. The zero-order chi connectivity index (χ0) is 9.23. The van der Waals surface area contributed by atoms with E-state index >= 15 is 0 Å².